The third-order valence-corrected chi connectivity index (χ3v) is 6.28. The van der Waals surface area contributed by atoms with E-state index < -0.39 is 5.54 Å². The molecule has 24 heavy (non-hydrogen) atoms. The van der Waals surface area contributed by atoms with E-state index in [2.05, 4.69) is 21.6 Å². The molecule has 0 saturated heterocycles. The number of nitrogens with zero attached hydrogens (tertiary/aromatic N) is 6. The molecule has 2 fully saturated rings. The number of tetrazole rings is 1. The number of thioether (sulfide) groups is 1. The summed E-state index contributed by atoms with van der Waals surface area (Å²) < 4.78 is 1.87. The number of hydrogen-bond acceptors (Lipinski definition) is 6. The van der Waals surface area contributed by atoms with E-state index in [9.17, 15) is 10.1 Å². The van der Waals surface area contributed by atoms with Crippen LogP contribution < -0.4 is 0 Å². The highest BCUT2D eigenvalue weighted by atomic mass is 32.2. The summed E-state index contributed by atoms with van der Waals surface area (Å²) in [7, 11) is 1.76. The van der Waals surface area contributed by atoms with Crippen LogP contribution in [0.2, 0.25) is 0 Å². The predicted octanol–water partition coefficient (Wildman–Crippen LogP) is 2.57. The molecule has 1 aromatic heterocycles. The molecule has 2 aliphatic carbocycles. The van der Waals surface area contributed by atoms with Crippen LogP contribution in [0.5, 0.6) is 0 Å². The van der Waals surface area contributed by atoms with Gasteiger partial charge in [0, 0.05) is 7.05 Å². The standard InChI is InChI=1S/C16H24N6OS/c1-21(16(12-17)9-5-2-6-10-16)14(23)11-24-15-18-19-20-22(15)13-7-3-4-8-13/h13H,2-11H2,1H3. The minimum absolute atomic E-state index is 0.0237. The SMILES string of the molecule is CN(C(=O)CSc1nnnn1C1CCCC1)C1(C#N)CCCCC1. The lowest BCUT2D eigenvalue weighted by atomic mass is 9.81. The second-order valence-corrected chi connectivity index (χ2v) is 7.73. The highest BCUT2D eigenvalue weighted by Crippen LogP contribution is 2.34. The topological polar surface area (TPSA) is 87.7 Å². The van der Waals surface area contributed by atoms with Crippen LogP contribution in [0.4, 0.5) is 0 Å². The maximum atomic E-state index is 12.6. The van der Waals surface area contributed by atoms with Crippen molar-refractivity contribution < 1.29 is 4.79 Å². The summed E-state index contributed by atoms with van der Waals surface area (Å²) in [5.74, 6) is 0.247. The molecule has 7 nitrogen and oxygen atoms in total. The molecule has 1 aromatic rings. The molecule has 1 heterocycles. The highest BCUT2D eigenvalue weighted by Gasteiger charge is 2.38. The Kier molecular flexibility index (Phi) is 5.39. The normalized spacial score (nSPS) is 20.7. The third kappa shape index (κ3) is 3.41. The molecule has 0 radical (unpaired) electrons. The van der Waals surface area contributed by atoms with Gasteiger partial charge in [0.2, 0.25) is 11.1 Å². The van der Waals surface area contributed by atoms with E-state index in [0.717, 1.165) is 44.9 Å². The lowest BCUT2D eigenvalue weighted by molar-refractivity contribution is -0.131. The summed E-state index contributed by atoms with van der Waals surface area (Å²) in [6.45, 7) is 0. The maximum absolute atomic E-state index is 12.6. The van der Waals surface area contributed by atoms with Crippen molar-refractivity contribution in [1.29, 1.82) is 5.26 Å². The first-order valence-corrected chi connectivity index (χ1v) is 9.73. The van der Waals surface area contributed by atoms with Gasteiger partial charge < -0.3 is 4.90 Å². The zero-order valence-electron chi connectivity index (χ0n) is 14.1. The fraction of sp³-hybridized carbons (Fsp3) is 0.812. The van der Waals surface area contributed by atoms with Crippen molar-refractivity contribution in [2.75, 3.05) is 12.8 Å². The molecule has 2 saturated carbocycles. The van der Waals surface area contributed by atoms with Crippen LogP contribution in [0.1, 0.15) is 63.8 Å². The second-order valence-electron chi connectivity index (χ2n) is 6.79. The van der Waals surface area contributed by atoms with Crippen LogP contribution in [0.15, 0.2) is 5.16 Å². The van der Waals surface area contributed by atoms with Crippen molar-refractivity contribution in [3.63, 3.8) is 0 Å². The van der Waals surface area contributed by atoms with Crippen LogP contribution >= 0.6 is 11.8 Å². The summed E-state index contributed by atoms with van der Waals surface area (Å²) in [6.07, 6.45) is 9.34. The fourth-order valence-electron chi connectivity index (χ4n) is 3.78. The van der Waals surface area contributed by atoms with Crippen LogP contribution in [0, 0.1) is 11.3 Å². The maximum Gasteiger partial charge on any atom is 0.234 e. The van der Waals surface area contributed by atoms with E-state index >= 15 is 0 Å². The van der Waals surface area contributed by atoms with E-state index in [1.54, 1.807) is 11.9 Å². The van der Waals surface area contributed by atoms with E-state index in [-0.39, 0.29) is 11.7 Å². The first-order chi connectivity index (χ1) is 11.7. The van der Waals surface area contributed by atoms with Crippen LogP contribution in [0.3, 0.4) is 0 Å². The lowest BCUT2D eigenvalue weighted by Crippen LogP contribution is -2.50. The van der Waals surface area contributed by atoms with Crippen molar-refractivity contribution in [3.05, 3.63) is 0 Å². The monoisotopic (exact) mass is 348 g/mol. The summed E-state index contributed by atoms with van der Waals surface area (Å²) >= 11 is 1.38. The fourth-order valence-corrected chi connectivity index (χ4v) is 4.64. The molecule has 0 N–H and O–H groups in total. The van der Waals surface area contributed by atoms with Gasteiger partial charge in [-0.05, 0) is 36.1 Å². The Labute approximate surface area is 146 Å². The number of carbonyl (C=O) groups is 1. The Hall–Kier alpha value is -1.62. The Morgan fingerprint density at radius 1 is 1.33 bits per heavy atom. The molecule has 0 bridgehead atoms. The van der Waals surface area contributed by atoms with E-state index in [0.29, 0.717) is 11.2 Å². The van der Waals surface area contributed by atoms with Crippen molar-refractivity contribution in [3.8, 4) is 6.07 Å². The van der Waals surface area contributed by atoms with Crippen molar-refractivity contribution in [1.82, 2.24) is 25.1 Å². The average Bonchev–Trinajstić information content (AvgIpc) is 3.30. The minimum Gasteiger partial charge on any atom is -0.326 e. The van der Waals surface area contributed by atoms with Crippen LogP contribution in [-0.2, 0) is 4.79 Å². The predicted molar refractivity (Wildman–Crippen MR) is 90.2 cm³/mol. The van der Waals surface area contributed by atoms with E-state index in [1.807, 2.05) is 4.68 Å². The van der Waals surface area contributed by atoms with Gasteiger partial charge >= 0.3 is 0 Å². The van der Waals surface area contributed by atoms with E-state index in [1.165, 1.54) is 24.6 Å². The Morgan fingerprint density at radius 2 is 2.04 bits per heavy atom. The van der Waals surface area contributed by atoms with Gasteiger partial charge in [0.25, 0.3) is 0 Å². The van der Waals surface area contributed by atoms with E-state index in [4.69, 9.17) is 0 Å². The second kappa shape index (κ2) is 7.51. The van der Waals surface area contributed by atoms with Crippen molar-refractivity contribution >= 4 is 17.7 Å². The smallest absolute Gasteiger partial charge is 0.234 e. The molecular weight excluding hydrogens is 324 g/mol. The number of aromatic nitrogens is 4. The van der Waals surface area contributed by atoms with Gasteiger partial charge in [-0.25, -0.2) is 4.68 Å². The lowest BCUT2D eigenvalue weighted by Gasteiger charge is -2.39. The largest absolute Gasteiger partial charge is 0.326 e. The summed E-state index contributed by atoms with van der Waals surface area (Å²) in [4.78, 5) is 14.3. The van der Waals surface area contributed by atoms with Crippen molar-refractivity contribution in [2.24, 2.45) is 0 Å². The molecule has 3 rings (SSSR count). The summed E-state index contributed by atoms with van der Waals surface area (Å²) in [5.41, 5.74) is -0.632. The summed E-state index contributed by atoms with van der Waals surface area (Å²) in [5, 5.41) is 22.3. The molecule has 0 atom stereocenters. The molecule has 8 heteroatoms. The molecular formula is C16H24N6OS. The number of hydrogen-bond donors (Lipinski definition) is 0. The molecule has 130 valence electrons. The highest BCUT2D eigenvalue weighted by molar-refractivity contribution is 7.99. The zero-order valence-corrected chi connectivity index (χ0v) is 15.0. The van der Waals surface area contributed by atoms with Crippen LogP contribution in [0.25, 0.3) is 0 Å². The minimum atomic E-state index is -0.632. The van der Waals surface area contributed by atoms with Crippen LogP contribution in [-0.4, -0.2) is 49.4 Å². The number of carbonyl (C=O) groups excluding carboxylic acids is 1. The number of nitriles is 1. The molecule has 0 unspecified atom stereocenters. The first kappa shape index (κ1) is 17.2. The Morgan fingerprint density at radius 3 is 2.71 bits per heavy atom. The van der Waals surface area contributed by atoms with Crippen molar-refractivity contribution in [2.45, 2.75) is 74.5 Å². The average molecular weight is 348 g/mol. The van der Waals surface area contributed by atoms with Gasteiger partial charge in [-0.1, -0.05) is 43.9 Å². The first-order valence-electron chi connectivity index (χ1n) is 8.75. The van der Waals surface area contributed by atoms with Gasteiger partial charge in [-0.3, -0.25) is 4.79 Å². The summed E-state index contributed by atoms with van der Waals surface area (Å²) in [6, 6.07) is 2.76. The molecule has 0 spiro atoms. The molecule has 0 aliphatic heterocycles. The molecule has 2 aliphatic rings. The van der Waals surface area contributed by atoms with Gasteiger partial charge in [0.05, 0.1) is 17.9 Å². The number of rotatable bonds is 5. The Balaban J connectivity index is 1.61. The third-order valence-electron chi connectivity index (χ3n) is 5.36. The molecule has 1 amide bonds. The van der Waals surface area contributed by atoms with Gasteiger partial charge in [0.15, 0.2) is 0 Å². The number of amides is 1. The van der Waals surface area contributed by atoms with Gasteiger partial charge in [-0.15, -0.1) is 5.10 Å². The molecule has 0 aromatic carbocycles. The Bertz CT molecular complexity index is 612. The quantitative estimate of drug-likeness (QED) is 0.760. The van der Waals surface area contributed by atoms with Gasteiger partial charge in [-0.2, -0.15) is 5.26 Å². The van der Waals surface area contributed by atoms with Gasteiger partial charge in [0.1, 0.15) is 5.54 Å². The zero-order chi connectivity index (χ0) is 17.0.